The molecule has 11 heavy (non-hydrogen) atoms. The molecule has 0 aliphatic carbocycles. The third-order valence-corrected chi connectivity index (χ3v) is 3.05. The molecule has 0 aromatic rings. The molecule has 0 amide bonds. The van der Waals surface area contributed by atoms with Crippen LogP contribution in [0, 0.1) is 0 Å². The molecule has 0 N–H and O–H groups in total. The van der Waals surface area contributed by atoms with E-state index in [1.165, 1.54) is 7.06 Å². The van der Waals surface area contributed by atoms with Crippen LogP contribution in [0.15, 0.2) is 0 Å². The highest BCUT2D eigenvalue weighted by atomic mass is 13.2. The Bertz CT molecular complexity index is 97.0. The Balaban J connectivity index is 4.02. The summed E-state index contributed by atoms with van der Waals surface area (Å²) < 4.78 is 0. The predicted molar refractivity (Wildman–Crippen MR) is 78.7 cm³/mol. The van der Waals surface area contributed by atoms with Gasteiger partial charge >= 0.3 is 0 Å². The lowest BCUT2D eigenvalue weighted by molar-refractivity contribution is 2.33. The van der Waals surface area contributed by atoms with E-state index < -0.39 is 0 Å². The molecule has 0 aliphatic heterocycles. The fourth-order valence-electron chi connectivity index (χ4n) is 1.94. The predicted octanol–water partition coefficient (Wildman–Crippen LogP) is -6.17. The van der Waals surface area contributed by atoms with Crippen molar-refractivity contribution in [3.63, 3.8) is 0 Å². The molecule has 0 bridgehead atoms. The number of hydrogen-bond donors (Lipinski definition) is 0. The molecule has 0 aromatic heterocycles. The van der Waals surface area contributed by atoms with Crippen LogP contribution in [0.25, 0.3) is 0 Å². The molecule has 0 radical (unpaired) electrons. The summed E-state index contributed by atoms with van der Waals surface area (Å²) in [4.78, 5) is 0. The number of hydrogen-bond acceptors (Lipinski definition) is 0. The van der Waals surface area contributed by atoms with Gasteiger partial charge < -0.3 is 0 Å². The zero-order chi connectivity index (χ0) is 9.02. The van der Waals surface area contributed by atoms with Crippen LogP contribution in [-0.2, 0) is 0 Å². The molecule has 0 saturated carbocycles. The first-order valence-electron chi connectivity index (χ1n) is 5.00. The van der Waals surface area contributed by atoms with Gasteiger partial charge in [0.2, 0.25) is 0 Å². The van der Waals surface area contributed by atoms with Crippen LogP contribution in [0.1, 0.15) is 0 Å². The molecule has 0 aliphatic rings. The summed E-state index contributed by atoms with van der Waals surface area (Å²) in [6.07, 6.45) is 2.59. The van der Waals surface area contributed by atoms with Crippen molar-refractivity contribution in [2.45, 2.75) is 6.82 Å². The van der Waals surface area contributed by atoms with Crippen LogP contribution in [0.5, 0.6) is 0 Å². The molecule has 0 nitrogen and oxygen atoms in total. The van der Waals surface area contributed by atoms with Gasteiger partial charge in [0.05, 0.1) is 38.7 Å². The lowest BCUT2D eigenvalue weighted by atomic mass is 8.60. The summed E-state index contributed by atoms with van der Waals surface area (Å²) in [5, 5.41) is 0. The molecular formula is CH14B10. The highest BCUT2D eigenvalue weighted by Gasteiger charge is 2.27. The van der Waals surface area contributed by atoms with E-state index in [4.69, 9.17) is 0 Å². The highest BCUT2D eigenvalue weighted by molar-refractivity contribution is 7.95. The normalized spacial score (nSPS) is 8.45. The Morgan fingerprint density at radius 1 is 1.00 bits per heavy atom. The third-order valence-electron chi connectivity index (χ3n) is 3.05. The molecule has 0 atom stereocenters. The molecule has 0 fully saturated rings. The Morgan fingerprint density at radius 2 is 1.45 bits per heavy atom. The van der Waals surface area contributed by atoms with Crippen molar-refractivity contribution in [3.8, 4) is 0 Å². The van der Waals surface area contributed by atoms with Gasteiger partial charge in [-0.2, -0.15) is 0 Å². The molecule has 0 spiro atoms. The average molecular weight is 134 g/mol. The molecule has 0 aromatic carbocycles. The van der Waals surface area contributed by atoms with Crippen LogP contribution in [0.2, 0.25) is 6.82 Å². The van der Waals surface area contributed by atoms with E-state index in [1.54, 1.807) is 0 Å². The second-order valence-corrected chi connectivity index (χ2v) is 4.42. The maximum Gasteiger partial charge on any atom is 0.0594 e. The SMILES string of the molecule is BBB(B(B)B)B(C)B(B)B. The van der Waals surface area contributed by atoms with E-state index in [0.717, 1.165) is 25.6 Å². The standard InChI is InChI=1S/CH14B10/c1-8(9(3)4)11(7-2)10(5)6/h7H,2-6H2,1H3. The zero-order valence-corrected chi connectivity index (χ0v) is 9.02. The molecule has 10 heteroatoms. The largest absolute Gasteiger partial charge is 0.101 e. The maximum atomic E-state index is 2.39. The first-order valence-corrected chi connectivity index (χ1v) is 5.00. The van der Waals surface area contributed by atoms with Gasteiger partial charge in [0.25, 0.3) is 0 Å². The fraction of sp³-hybridized carbons (Fsp3) is 1.00. The first kappa shape index (κ1) is 11.6. The van der Waals surface area contributed by atoms with E-state index in [9.17, 15) is 0 Å². The zero-order valence-electron chi connectivity index (χ0n) is 9.02. The van der Waals surface area contributed by atoms with E-state index in [2.05, 4.69) is 45.5 Å². The van der Waals surface area contributed by atoms with Gasteiger partial charge in [-0.05, 0) is 0 Å². The van der Waals surface area contributed by atoms with E-state index in [1.807, 2.05) is 0 Å². The lowest BCUT2D eigenvalue weighted by Gasteiger charge is -2.22. The summed E-state index contributed by atoms with van der Waals surface area (Å²) in [5.41, 5.74) is 0. The van der Waals surface area contributed by atoms with E-state index in [-0.39, 0.29) is 0 Å². The van der Waals surface area contributed by atoms with Gasteiger partial charge in [-0.15, -0.1) is 6.82 Å². The van der Waals surface area contributed by atoms with Crippen molar-refractivity contribution < 1.29 is 0 Å². The van der Waals surface area contributed by atoms with Gasteiger partial charge in [0, 0.05) is 32.7 Å². The summed E-state index contributed by atoms with van der Waals surface area (Å²) in [5.74, 6) is 0. The van der Waals surface area contributed by atoms with Crippen LogP contribution in [-0.4, -0.2) is 71.4 Å². The number of rotatable bonds is 4. The molecule has 0 unspecified atom stereocenters. The highest BCUT2D eigenvalue weighted by Crippen LogP contribution is 1.91. The van der Waals surface area contributed by atoms with Crippen LogP contribution in [0.3, 0.4) is 0 Å². The van der Waals surface area contributed by atoms with Crippen molar-refractivity contribution in [2.24, 2.45) is 0 Å². The quantitative estimate of drug-likeness (QED) is 0.336. The van der Waals surface area contributed by atoms with Crippen molar-refractivity contribution in [1.29, 1.82) is 0 Å². The van der Waals surface area contributed by atoms with Gasteiger partial charge in [0.15, 0.2) is 0 Å². The van der Waals surface area contributed by atoms with Crippen LogP contribution < -0.4 is 0 Å². The summed E-state index contributed by atoms with van der Waals surface area (Å²) >= 11 is 0. The van der Waals surface area contributed by atoms with Crippen molar-refractivity contribution in [3.05, 3.63) is 0 Å². The molecule has 0 saturated heterocycles. The molecule has 0 rings (SSSR count). The Labute approximate surface area is 78.6 Å². The monoisotopic (exact) mass is 136 g/mol. The lowest BCUT2D eigenvalue weighted by Crippen LogP contribution is -2.60. The van der Waals surface area contributed by atoms with Crippen molar-refractivity contribution in [1.82, 2.24) is 0 Å². The van der Waals surface area contributed by atoms with E-state index in [0.29, 0.717) is 0 Å². The first-order chi connectivity index (χ1) is 5.00. The van der Waals surface area contributed by atoms with Gasteiger partial charge in [-0.3, -0.25) is 0 Å². The molecular weight excluding hydrogens is 120 g/mol. The van der Waals surface area contributed by atoms with Gasteiger partial charge in [0.1, 0.15) is 0 Å². The minimum absolute atomic E-state index is 0.836. The molecule has 48 valence electrons. The van der Waals surface area contributed by atoms with E-state index >= 15 is 0 Å². The fourth-order valence-corrected chi connectivity index (χ4v) is 1.94. The Morgan fingerprint density at radius 3 is 1.55 bits per heavy atom. The van der Waals surface area contributed by atoms with Crippen LogP contribution in [0.4, 0.5) is 0 Å². The van der Waals surface area contributed by atoms with Gasteiger partial charge in [-0.1, -0.05) is 0 Å². The molecule has 0 heterocycles. The smallest absolute Gasteiger partial charge is 0.0594 e. The van der Waals surface area contributed by atoms with Crippen LogP contribution >= 0.6 is 0 Å². The summed E-state index contributed by atoms with van der Waals surface area (Å²) in [7, 11) is 13.0. The Kier molecular flexibility index (Phi) is 5.64. The summed E-state index contributed by atoms with van der Waals surface area (Å²) in [6.45, 7) is 3.26. The van der Waals surface area contributed by atoms with Gasteiger partial charge in [-0.25, -0.2) is 0 Å². The van der Waals surface area contributed by atoms with Crippen molar-refractivity contribution >= 4 is 71.4 Å². The topological polar surface area (TPSA) is 0 Å². The van der Waals surface area contributed by atoms with Crippen molar-refractivity contribution in [2.75, 3.05) is 0 Å². The third kappa shape index (κ3) is 3.71. The Hall–Kier alpha value is 0.649. The maximum absolute atomic E-state index is 2.39. The minimum atomic E-state index is 0.836. The summed E-state index contributed by atoms with van der Waals surface area (Å²) in [6, 6.07) is 0. The minimum Gasteiger partial charge on any atom is -0.101 e. The second-order valence-electron chi connectivity index (χ2n) is 4.42. The second kappa shape index (κ2) is 5.32. The average Bonchev–Trinajstić information content (AvgIpc) is 1.88.